The first-order valence-electron chi connectivity index (χ1n) is 11.1. The fraction of sp³-hybridized carbons (Fsp3) is 0.280. The van der Waals surface area contributed by atoms with Gasteiger partial charge in [-0.25, -0.2) is 4.98 Å². The summed E-state index contributed by atoms with van der Waals surface area (Å²) in [4.78, 5) is 21.5. The fourth-order valence-corrected chi connectivity index (χ4v) is 3.42. The molecular formula is C25H27N5O5. The lowest BCUT2D eigenvalue weighted by Gasteiger charge is -2.12. The van der Waals surface area contributed by atoms with Crippen molar-refractivity contribution in [3.63, 3.8) is 0 Å². The predicted molar refractivity (Wildman–Crippen MR) is 131 cm³/mol. The summed E-state index contributed by atoms with van der Waals surface area (Å²) in [6.45, 7) is 6.34. The molecule has 0 aliphatic carbocycles. The van der Waals surface area contributed by atoms with Crippen LogP contribution < -0.4 is 24.3 Å². The number of nitrogens with one attached hydrogen (secondary N) is 1. The van der Waals surface area contributed by atoms with E-state index in [1.807, 2.05) is 26.8 Å². The van der Waals surface area contributed by atoms with Crippen molar-refractivity contribution in [3.05, 3.63) is 54.6 Å². The van der Waals surface area contributed by atoms with E-state index in [9.17, 15) is 4.79 Å². The van der Waals surface area contributed by atoms with E-state index < -0.39 is 5.91 Å². The Morgan fingerprint density at radius 3 is 2.46 bits per heavy atom. The number of methoxy groups -OCH3 is 2. The zero-order valence-electron chi connectivity index (χ0n) is 20.2. The number of hydrogen-bond donors (Lipinski definition) is 1. The molecule has 3 heterocycles. The van der Waals surface area contributed by atoms with Crippen LogP contribution in [0, 0.1) is 0 Å². The smallest absolute Gasteiger partial charge is 0.281 e. The van der Waals surface area contributed by atoms with Gasteiger partial charge in [-0.15, -0.1) is 0 Å². The number of hydrogen-bond acceptors (Lipinski definition) is 8. The first-order valence-corrected chi connectivity index (χ1v) is 11.1. The van der Waals surface area contributed by atoms with Crippen molar-refractivity contribution in [2.45, 2.75) is 33.4 Å². The van der Waals surface area contributed by atoms with Crippen molar-refractivity contribution in [3.8, 4) is 28.7 Å². The molecule has 10 heteroatoms. The number of pyridine rings is 2. The van der Waals surface area contributed by atoms with E-state index in [-0.39, 0.29) is 11.8 Å². The SMILES string of the molecule is CCn1cc(OC(C)C)c(C(=O)Nc2ccc(Oc3ccnc4cc(OC)c(OC)cc34)cn2)n1. The summed E-state index contributed by atoms with van der Waals surface area (Å²) in [5.41, 5.74) is 0.901. The van der Waals surface area contributed by atoms with Gasteiger partial charge in [0.15, 0.2) is 22.9 Å². The molecular weight excluding hydrogens is 450 g/mol. The van der Waals surface area contributed by atoms with Crippen molar-refractivity contribution in [1.82, 2.24) is 19.7 Å². The van der Waals surface area contributed by atoms with Gasteiger partial charge in [0.25, 0.3) is 5.91 Å². The second-order valence-corrected chi connectivity index (χ2v) is 7.83. The number of amides is 1. The van der Waals surface area contributed by atoms with Crippen LogP contribution in [0.5, 0.6) is 28.7 Å². The fourth-order valence-electron chi connectivity index (χ4n) is 3.42. The molecule has 0 saturated heterocycles. The van der Waals surface area contributed by atoms with Gasteiger partial charge >= 0.3 is 0 Å². The summed E-state index contributed by atoms with van der Waals surface area (Å²) in [5.74, 6) is 2.60. The normalized spacial score (nSPS) is 10.9. The van der Waals surface area contributed by atoms with E-state index in [1.165, 1.54) is 6.20 Å². The van der Waals surface area contributed by atoms with E-state index in [0.717, 1.165) is 5.39 Å². The molecule has 0 saturated carbocycles. The third-order valence-electron chi connectivity index (χ3n) is 5.04. The van der Waals surface area contributed by atoms with Gasteiger partial charge in [0.05, 0.1) is 38.2 Å². The van der Waals surface area contributed by atoms with Gasteiger partial charge in [-0.1, -0.05) is 0 Å². The maximum absolute atomic E-state index is 12.8. The Morgan fingerprint density at radius 2 is 1.80 bits per heavy atom. The van der Waals surface area contributed by atoms with Crippen molar-refractivity contribution < 1.29 is 23.7 Å². The van der Waals surface area contributed by atoms with Crippen molar-refractivity contribution in [1.29, 1.82) is 0 Å². The first kappa shape index (κ1) is 23.8. The maximum Gasteiger partial charge on any atom is 0.281 e. The van der Waals surface area contributed by atoms with Gasteiger partial charge in [0.2, 0.25) is 0 Å². The highest BCUT2D eigenvalue weighted by Gasteiger charge is 2.20. The summed E-state index contributed by atoms with van der Waals surface area (Å²) >= 11 is 0. The molecule has 0 aliphatic heterocycles. The number of nitrogens with zero attached hydrogens (tertiary/aromatic N) is 4. The number of anilines is 1. The summed E-state index contributed by atoms with van der Waals surface area (Å²) in [6, 6.07) is 8.72. The maximum atomic E-state index is 12.8. The van der Waals surface area contributed by atoms with E-state index in [1.54, 1.807) is 55.6 Å². The summed E-state index contributed by atoms with van der Waals surface area (Å²) in [7, 11) is 3.14. The number of benzene rings is 1. The molecule has 1 amide bonds. The second kappa shape index (κ2) is 10.3. The number of aryl methyl sites for hydroxylation is 1. The van der Waals surface area contributed by atoms with Crippen molar-refractivity contribution in [2.75, 3.05) is 19.5 Å². The van der Waals surface area contributed by atoms with Crippen LogP contribution in [0.15, 0.2) is 48.9 Å². The van der Waals surface area contributed by atoms with Crippen LogP contribution in [0.3, 0.4) is 0 Å². The lowest BCUT2D eigenvalue weighted by molar-refractivity contribution is 0.101. The highest BCUT2D eigenvalue weighted by atomic mass is 16.5. The molecule has 4 aromatic rings. The van der Waals surface area contributed by atoms with Gasteiger partial charge in [-0.05, 0) is 45.0 Å². The van der Waals surface area contributed by atoms with E-state index in [4.69, 9.17) is 18.9 Å². The van der Waals surface area contributed by atoms with Crippen LogP contribution in [0.25, 0.3) is 10.9 Å². The molecule has 10 nitrogen and oxygen atoms in total. The van der Waals surface area contributed by atoms with Crippen LogP contribution in [0.1, 0.15) is 31.3 Å². The number of carbonyl (C=O) groups is 1. The monoisotopic (exact) mass is 477 g/mol. The van der Waals surface area contributed by atoms with Gasteiger partial charge in [0, 0.05) is 24.2 Å². The molecule has 0 fully saturated rings. The molecule has 0 bridgehead atoms. The van der Waals surface area contributed by atoms with Crippen LogP contribution in [-0.2, 0) is 6.54 Å². The van der Waals surface area contributed by atoms with Gasteiger partial charge in [-0.2, -0.15) is 5.10 Å². The van der Waals surface area contributed by atoms with Crippen LogP contribution in [-0.4, -0.2) is 46.0 Å². The number of rotatable bonds is 9. The van der Waals surface area contributed by atoms with Gasteiger partial charge in [0.1, 0.15) is 17.3 Å². The predicted octanol–water partition coefficient (Wildman–Crippen LogP) is 4.70. The Bertz CT molecular complexity index is 1330. The largest absolute Gasteiger partial charge is 0.493 e. The quantitative estimate of drug-likeness (QED) is 0.370. The highest BCUT2D eigenvalue weighted by molar-refractivity contribution is 6.04. The lowest BCUT2D eigenvalue weighted by Crippen LogP contribution is -2.16. The molecule has 0 spiro atoms. The Morgan fingerprint density at radius 1 is 1.03 bits per heavy atom. The molecule has 0 atom stereocenters. The summed E-state index contributed by atoms with van der Waals surface area (Å²) in [5, 5.41) is 7.82. The van der Waals surface area contributed by atoms with Gasteiger partial charge < -0.3 is 24.3 Å². The minimum absolute atomic E-state index is 0.0871. The number of aromatic nitrogens is 4. The van der Waals surface area contributed by atoms with Crippen molar-refractivity contribution in [2.24, 2.45) is 0 Å². The molecule has 35 heavy (non-hydrogen) atoms. The third-order valence-corrected chi connectivity index (χ3v) is 5.04. The Labute approximate surface area is 202 Å². The number of ether oxygens (including phenoxy) is 4. The van der Waals surface area contributed by atoms with Gasteiger partial charge in [-0.3, -0.25) is 14.5 Å². The molecule has 182 valence electrons. The average molecular weight is 478 g/mol. The van der Waals surface area contributed by atoms with E-state index in [2.05, 4.69) is 20.4 Å². The number of fused-ring (bicyclic) bond motifs is 1. The van der Waals surface area contributed by atoms with E-state index in [0.29, 0.717) is 46.6 Å². The van der Waals surface area contributed by atoms with Crippen LogP contribution in [0.2, 0.25) is 0 Å². The number of carbonyl (C=O) groups excluding carboxylic acids is 1. The summed E-state index contributed by atoms with van der Waals surface area (Å²) in [6.07, 6.45) is 4.80. The van der Waals surface area contributed by atoms with E-state index >= 15 is 0 Å². The first-order chi connectivity index (χ1) is 16.9. The Hall–Kier alpha value is -4.34. The second-order valence-electron chi connectivity index (χ2n) is 7.83. The summed E-state index contributed by atoms with van der Waals surface area (Å²) < 4.78 is 24.2. The Balaban J connectivity index is 1.52. The third kappa shape index (κ3) is 5.26. The zero-order chi connectivity index (χ0) is 24.9. The Kier molecular flexibility index (Phi) is 7.00. The zero-order valence-corrected chi connectivity index (χ0v) is 20.2. The topological polar surface area (TPSA) is 110 Å². The van der Waals surface area contributed by atoms with Crippen LogP contribution in [0.4, 0.5) is 5.82 Å². The standard InChI is InChI=1S/C25H27N5O5/c1-6-30-14-22(34-15(2)3)24(29-30)25(31)28-23-8-7-16(13-27-23)35-19-9-10-26-18-12-21(33-5)20(32-4)11-17(18)19/h7-15H,6H2,1-5H3,(H,27,28,31). The average Bonchev–Trinajstić information content (AvgIpc) is 3.27. The lowest BCUT2D eigenvalue weighted by atomic mass is 10.2. The molecule has 1 N–H and O–H groups in total. The molecule has 0 radical (unpaired) electrons. The highest BCUT2D eigenvalue weighted by Crippen LogP contribution is 2.36. The molecule has 3 aromatic heterocycles. The minimum Gasteiger partial charge on any atom is -0.493 e. The molecule has 0 aliphatic rings. The van der Waals surface area contributed by atoms with Crippen molar-refractivity contribution >= 4 is 22.6 Å². The minimum atomic E-state index is -0.407. The molecule has 4 rings (SSSR count). The molecule has 0 unspecified atom stereocenters. The molecule has 1 aromatic carbocycles. The van der Waals surface area contributed by atoms with Crippen LogP contribution >= 0.6 is 0 Å².